The zero-order valence-electron chi connectivity index (χ0n) is 10.9. The van der Waals surface area contributed by atoms with Crippen LogP contribution in [-0.2, 0) is 0 Å². The van der Waals surface area contributed by atoms with Gasteiger partial charge in [0.05, 0.1) is 12.4 Å². The topological polar surface area (TPSA) is 66.5 Å². The predicted octanol–water partition coefficient (Wildman–Crippen LogP) is 4.02. The van der Waals surface area contributed by atoms with Gasteiger partial charge in [-0.3, -0.25) is 0 Å². The molecule has 104 valence electrons. The molecule has 20 heavy (non-hydrogen) atoms. The number of halogens is 1. The van der Waals surface area contributed by atoms with Gasteiger partial charge < -0.3 is 10.3 Å². The molecular formula is C13H14ClN5S. The lowest BCUT2D eigenvalue weighted by atomic mass is 10.1. The molecule has 0 aliphatic rings. The predicted molar refractivity (Wildman–Crippen MR) is 82.3 cm³/mol. The van der Waals surface area contributed by atoms with Gasteiger partial charge in [-0.2, -0.15) is 9.97 Å². The van der Waals surface area contributed by atoms with Crippen LogP contribution in [0.15, 0.2) is 23.8 Å². The zero-order chi connectivity index (χ0) is 13.9. The molecule has 2 N–H and O–H groups in total. The first-order chi connectivity index (χ1) is 9.78. The second kappa shape index (κ2) is 5.76. The molecule has 3 heterocycles. The molecule has 3 aromatic heterocycles. The summed E-state index contributed by atoms with van der Waals surface area (Å²) in [5.41, 5.74) is 1.36. The van der Waals surface area contributed by atoms with Crippen molar-refractivity contribution in [2.45, 2.75) is 25.8 Å². The quantitative estimate of drug-likeness (QED) is 0.699. The smallest absolute Gasteiger partial charge is 0.226 e. The lowest BCUT2D eigenvalue weighted by Gasteiger charge is -2.17. The number of aromatic nitrogens is 4. The molecule has 0 aliphatic heterocycles. The third-order valence-electron chi connectivity index (χ3n) is 3.03. The Labute approximate surface area is 125 Å². The van der Waals surface area contributed by atoms with E-state index in [1.807, 2.05) is 0 Å². The van der Waals surface area contributed by atoms with Crippen molar-refractivity contribution in [2.75, 3.05) is 5.32 Å². The minimum Gasteiger partial charge on any atom is -0.361 e. The summed E-state index contributed by atoms with van der Waals surface area (Å²) in [7, 11) is 0. The molecule has 1 atom stereocenters. The molecule has 0 radical (unpaired) electrons. The maximum absolute atomic E-state index is 5.95. The fraction of sp³-hybridized carbons (Fsp3) is 0.308. The number of aromatic amines is 1. The van der Waals surface area contributed by atoms with E-state index in [4.69, 9.17) is 11.6 Å². The summed E-state index contributed by atoms with van der Waals surface area (Å²) in [4.78, 5) is 16.8. The summed E-state index contributed by atoms with van der Waals surface area (Å²) < 4.78 is 0. The van der Waals surface area contributed by atoms with E-state index >= 15 is 0 Å². The summed E-state index contributed by atoms with van der Waals surface area (Å²) in [6.45, 7) is 2.17. The molecule has 0 aliphatic carbocycles. The Morgan fingerprint density at radius 3 is 3.10 bits per heavy atom. The van der Waals surface area contributed by atoms with Crippen LogP contribution in [0.2, 0.25) is 5.28 Å². The van der Waals surface area contributed by atoms with E-state index in [9.17, 15) is 0 Å². The number of nitrogens with one attached hydrogen (secondary N) is 2. The van der Waals surface area contributed by atoms with Crippen molar-refractivity contribution in [1.82, 2.24) is 19.9 Å². The van der Waals surface area contributed by atoms with E-state index < -0.39 is 0 Å². The van der Waals surface area contributed by atoms with Crippen LogP contribution >= 0.6 is 22.9 Å². The van der Waals surface area contributed by atoms with Crippen molar-refractivity contribution in [3.8, 4) is 0 Å². The molecule has 3 rings (SSSR count). The molecule has 1 unspecified atom stereocenters. The highest BCUT2D eigenvalue weighted by molar-refractivity contribution is 7.10. The van der Waals surface area contributed by atoms with Gasteiger partial charge in [0.15, 0.2) is 11.5 Å². The summed E-state index contributed by atoms with van der Waals surface area (Å²) in [5, 5.41) is 5.74. The highest BCUT2D eigenvalue weighted by atomic mass is 35.5. The third kappa shape index (κ3) is 2.62. The fourth-order valence-corrected chi connectivity index (χ4v) is 3.12. The number of H-pyrrole nitrogens is 1. The summed E-state index contributed by atoms with van der Waals surface area (Å²) in [6.07, 6.45) is 3.71. The van der Waals surface area contributed by atoms with Crippen molar-refractivity contribution in [2.24, 2.45) is 0 Å². The van der Waals surface area contributed by atoms with Crippen molar-refractivity contribution < 1.29 is 0 Å². The van der Waals surface area contributed by atoms with Crippen LogP contribution in [0, 0.1) is 0 Å². The van der Waals surface area contributed by atoms with Gasteiger partial charge in [-0.15, -0.1) is 11.3 Å². The molecule has 0 aromatic carbocycles. The van der Waals surface area contributed by atoms with E-state index in [1.165, 1.54) is 4.88 Å². The molecule has 0 saturated carbocycles. The lowest BCUT2D eigenvalue weighted by Crippen LogP contribution is -2.11. The van der Waals surface area contributed by atoms with E-state index in [-0.39, 0.29) is 11.3 Å². The monoisotopic (exact) mass is 307 g/mol. The maximum atomic E-state index is 5.95. The van der Waals surface area contributed by atoms with Gasteiger partial charge in [0.1, 0.15) is 5.52 Å². The summed E-state index contributed by atoms with van der Waals surface area (Å²) >= 11 is 7.69. The largest absolute Gasteiger partial charge is 0.361 e. The Bertz CT molecular complexity index is 694. The van der Waals surface area contributed by atoms with Gasteiger partial charge in [0.25, 0.3) is 0 Å². The second-order valence-electron chi connectivity index (χ2n) is 4.44. The fourth-order valence-electron chi connectivity index (χ4n) is 2.14. The minimum absolute atomic E-state index is 0.202. The molecule has 0 fully saturated rings. The van der Waals surface area contributed by atoms with Crippen LogP contribution in [-0.4, -0.2) is 19.9 Å². The van der Waals surface area contributed by atoms with Crippen molar-refractivity contribution >= 4 is 39.9 Å². The summed E-state index contributed by atoms with van der Waals surface area (Å²) in [5.74, 6) is 0.698. The molecule has 0 saturated heterocycles. The maximum Gasteiger partial charge on any atom is 0.226 e. The van der Waals surface area contributed by atoms with E-state index in [0.29, 0.717) is 11.5 Å². The first-order valence-electron chi connectivity index (χ1n) is 6.44. The normalized spacial score (nSPS) is 12.7. The van der Waals surface area contributed by atoms with Crippen LogP contribution in [0.1, 0.15) is 30.7 Å². The highest BCUT2D eigenvalue weighted by Crippen LogP contribution is 2.29. The third-order valence-corrected chi connectivity index (χ3v) is 4.19. The van der Waals surface area contributed by atoms with Crippen LogP contribution in [0.3, 0.4) is 0 Å². The Hall–Kier alpha value is -1.66. The molecule has 3 aromatic rings. The Kier molecular flexibility index (Phi) is 3.84. The average molecular weight is 308 g/mol. The lowest BCUT2D eigenvalue weighted by molar-refractivity contribution is 0.685. The average Bonchev–Trinajstić information content (AvgIpc) is 3.08. The SMILES string of the molecule is CCCC(Nc1nc(Cl)nc2nc[nH]c12)c1cccs1. The molecule has 0 bridgehead atoms. The van der Waals surface area contributed by atoms with Gasteiger partial charge in [-0.1, -0.05) is 19.4 Å². The number of rotatable bonds is 5. The summed E-state index contributed by atoms with van der Waals surface area (Å²) in [6, 6.07) is 4.41. The Balaban J connectivity index is 1.96. The molecular weight excluding hydrogens is 294 g/mol. The number of fused-ring (bicyclic) bond motifs is 1. The molecule has 5 nitrogen and oxygen atoms in total. The van der Waals surface area contributed by atoms with Crippen LogP contribution in [0.4, 0.5) is 5.82 Å². The van der Waals surface area contributed by atoms with Crippen LogP contribution in [0.25, 0.3) is 11.2 Å². The second-order valence-corrected chi connectivity index (χ2v) is 5.76. The zero-order valence-corrected chi connectivity index (χ0v) is 12.5. The standard InChI is InChI=1S/C13H14ClN5S/c1-2-4-8(9-5-3-6-20-9)17-12-10-11(16-7-15-10)18-13(14)19-12/h3,5-8H,2,4H2,1H3,(H2,15,16,17,18,19). The number of hydrogen-bond acceptors (Lipinski definition) is 5. The number of imidazole rings is 1. The van der Waals surface area contributed by atoms with Crippen molar-refractivity contribution in [3.05, 3.63) is 34.0 Å². The minimum atomic E-state index is 0.202. The first kappa shape index (κ1) is 13.3. The number of hydrogen-bond donors (Lipinski definition) is 2. The number of thiophene rings is 1. The van der Waals surface area contributed by atoms with E-state index in [2.05, 4.69) is 49.7 Å². The van der Waals surface area contributed by atoms with Crippen molar-refractivity contribution in [3.63, 3.8) is 0 Å². The first-order valence-corrected chi connectivity index (χ1v) is 7.70. The van der Waals surface area contributed by atoms with E-state index in [0.717, 1.165) is 18.4 Å². The Morgan fingerprint density at radius 2 is 2.35 bits per heavy atom. The van der Waals surface area contributed by atoms with Gasteiger partial charge in [-0.25, -0.2) is 4.98 Å². The number of anilines is 1. The molecule has 7 heteroatoms. The molecule has 0 spiro atoms. The Morgan fingerprint density at radius 1 is 1.45 bits per heavy atom. The van der Waals surface area contributed by atoms with Gasteiger partial charge in [0, 0.05) is 4.88 Å². The van der Waals surface area contributed by atoms with E-state index in [1.54, 1.807) is 17.7 Å². The van der Waals surface area contributed by atoms with Gasteiger partial charge >= 0.3 is 0 Å². The van der Waals surface area contributed by atoms with Gasteiger partial charge in [0.2, 0.25) is 5.28 Å². The number of nitrogens with zero attached hydrogens (tertiary/aromatic N) is 3. The van der Waals surface area contributed by atoms with Crippen LogP contribution < -0.4 is 5.32 Å². The van der Waals surface area contributed by atoms with Crippen molar-refractivity contribution in [1.29, 1.82) is 0 Å². The van der Waals surface area contributed by atoms with Gasteiger partial charge in [-0.05, 0) is 29.5 Å². The molecule has 0 amide bonds. The van der Waals surface area contributed by atoms with Crippen LogP contribution in [0.5, 0.6) is 0 Å². The highest BCUT2D eigenvalue weighted by Gasteiger charge is 2.16.